The molecule has 2 heterocycles. The van der Waals surface area contributed by atoms with Crippen molar-refractivity contribution in [3.05, 3.63) is 36.5 Å². The average molecular weight is 343 g/mol. The lowest BCUT2D eigenvalue weighted by molar-refractivity contribution is -0.146. The number of aromatic nitrogens is 1. The van der Waals surface area contributed by atoms with Gasteiger partial charge in [-0.1, -0.05) is 18.2 Å². The molecule has 134 valence electrons. The van der Waals surface area contributed by atoms with E-state index in [-0.39, 0.29) is 5.91 Å². The molecule has 6 heteroatoms. The van der Waals surface area contributed by atoms with Crippen LogP contribution in [-0.2, 0) is 9.53 Å². The second-order valence-corrected chi connectivity index (χ2v) is 6.24. The predicted molar refractivity (Wildman–Crippen MR) is 96.7 cm³/mol. The first-order valence-corrected chi connectivity index (χ1v) is 8.76. The van der Waals surface area contributed by atoms with Gasteiger partial charge in [-0.25, -0.2) is 0 Å². The SMILES string of the molecule is COC1(C(=O)NCCCOc2cccc3cccnc23)CCNCC1. The molecule has 1 amide bonds. The first-order chi connectivity index (χ1) is 12.2. The summed E-state index contributed by atoms with van der Waals surface area (Å²) in [7, 11) is 1.61. The minimum absolute atomic E-state index is 0.0247. The van der Waals surface area contributed by atoms with Crippen LogP contribution in [0.4, 0.5) is 0 Å². The third-order valence-corrected chi connectivity index (χ3v) is 4.68. The second kappa shape index (κ2) is 8.27. The van der Waals surface area contributed by atoms with Crippen LogP contribution >= 0.6 is 0 Å². The number of fused-ring (bicyclic) bond motifs is 1. The molecule has 6 nitrogen and oxygen atoms in total. The first-order valence-electron chi connectivity index (χ1n) is 8.76. The van der Waals surface area contributed by atoms with Gasteiger partial charge in [0.15, 0.2) is 0 Å². The number of rotatable bonds is 7. The summed E-state index contributed by atoms with van der Waals surface area (Å²) < 4.78 is 11.4. The van der Waals surface area contributed by atoms with Crippen molar-refractivity contribution in [1.82, 2.24) is 15.6 Å². The van der Waals surface area contributed by atoms with Crippen LogP contribution in [0.25, 0.3) is 10.9 Å². The van der Waals surface area contributed by atoms with Gasteiger partial charge in [-0.05, 0) is 44.5 Å². The number of ether oxygens (including phenoxy) is 2. The minimum Gasteiger partial charge on any atom is -0.491 e. The van der Waals surface area contributed by atoms with Gasteiger partial charge < -0.3 is 20.1 Å². The molecule has 25 heavy (non-hydrogen) atoms. The molecule has 0 spiro atoms. The van der Waals surface area contributed by atoms with E-state index in [1.165, 1.54) is 0 Å². The Hall–Kier alpha value is -2.18. The van der Waals surface area contributed by atoms with Gasteiger partial charge in [0, 0.05) is 25.2 Å². The Kier molecular flexibility index (Phi) is 5.83. The Morgan fingerprint density at radius 3 is 2.88 bits per heavy atom. The van der Waals surface area contributed by atoms with Crippen molar-refractivity contribution >= 4 is 16.8 Å². The summed E-state index contributed by atoms with van der Waals surface area (Å²) in [6.45, 7) is 2.70. The van der Waals surface area contributed by atoms with E-state index in [0.29, 0.717) is 26.0 Å². The number of carbonyl (C=O) groups is 1. The molecule has 0 bridgehead atoms. The fraction of sp³-hybridized carbons (Fsp3) is 0.474. The highest BCUT2D eigenvalue weighted by atomic mass is 16.5. The second-order valence-electron chi connectivity index (χ2n) is 6.24. The van der Waals surface area contributed by atoms with Crippen molar-refractivity contribution in [2.75, 3.05) is 33.4 Å². The molecule has 2 N–H and O–H groups in total. The summed E-state index contributed by atoms with van der Waals surface area (Å²) in [6, 6.07) is 9.81. The van der Waals surface area contributed by atoms with Crippen molar-refractivity contribution in [3.63, 3.8) is 0 Å². The molecular weight excluding hydrogens is 318 g/mol. The largest absolute Gasteiger partial charge is 0.491 e. The number of nitrogens with zero attached hydrogens (tertiary/aromatic N) is 1. The monoisotopic (exact) mass is 343 g/mol. The normalized spacial score (nSPS) is 16.5. The quantitative estimate of drug-likeness (QED) is 0.751. The lowest BCUT2D eigenvalue weighted by atomic mass is 9.91. The smallest absolute Gasteiger partial charge is 0.252 e. The van der Waals surface area contributed by atoms with Crippen LogP contribution in [0.2, 0.25) is 0 Å². The standard InChI is InChI=1S/C19H25N3O3/c1-24-19(8-12-20-13-9-19)18(23)22-11-4-14-25-16-7-2-5-15-6-3-10-21-17(15)16/h2-3,5-7,10,20H,4,8-9,11-14H2,1H3,(H,22,23). The summed E-state index contributed by atoms with van der Waals surface area (Å²) >= 11 is 0. The van der Waals surface area contributed by atoms with Crippen molar-refractivity contribution in [2.45, 2.75) is 24.9 Å². The maximum Gasteiger partial charge on any atom is 0.252 e. The molecule has 1 aliphatic rings. The Bertz CT molecular complexity index is 709. The molecule has 3 rings (SSSR count). The molecule has 0 unspecified atom stereocenters. The number of methoxy groups -OCH3 is 1. The van der Waals surface area contributed by atoms with E-state index in [0.717, 1.165) is 36.2 Å². The number of carbonyl (C=O) groups excluding carboxylic acids is 1. The highest BCUT2D eigenvalue weighted by Gasteiger charge is 2.39. The van der Waals surface area contributed by atoms with Crippen LogP contribution in [0.5, 0.6) is 5.75 Å². The summed E-state index contributed by atoms with van der Waals surface area (Å²) in [6.07, 6.45) is 3.90. The number of nitrogens with one attached hydrogen (secondary N) is 2. The van der Waals surface area contributed by atoms with Gasteiger partial charge >= 0.3 is 0 Å². The number of pyridine rings is 1. The van der Waals surface area contributed by atoms with Crippen LogP contribution in [0.1, 0.15) is 19.3 Å². The van der Waals surface area contributed by atoms with E-state index in [4.69, 9.17) is 9.47 Å². The third kappa shape index (κ3) is 4.08. The molecule has 0 atom stereocenters. The summed E-state index contributed by atoms with van der Waals surface area (Å²) in [5.41, 5.74) is 0.174. The molecule has 2 aromatic rings. The van der Waals surface area contributed by atoms with E-state index in [1.54, 1.807) is 13.3 Å². The average Bonchev–Trinajstić information content (AvgIpc) is 2.68. The fourth-order valence-electron chi connectivity index (χ4n) is 3.16. The minimum atomic E-state index is -0.689. The van der Waals surface area contributed by atoms with Crippen LogP contribution in [0, 0.1) is 0 Å². The van der Waals surface area contributed by atoms with Gasteiger partial charge in [-0.15, -0.1) is 0 Å². The topological polar surface area (TPSA) is 72.5 Å². The van der Waals surface area contributed by atoms with E-state index in [9.17, 15) is 4.79 Å². The van der Waals surface area contributed by atoms with Crippen LogP contribution in [0.15, 0.2) is 36.5 Å². The molecule has 1 aromatic heterocycles. The van der Waals surface area contributed by atoms with Crippen molar-refractivity contribution in [2.24, 2.45) is 0 Å². The maximum atomic E-state index is 12.4. The summed E-state index contributed by atoms with van der Waals surface area (Å²) in [4.78, 5) is 16.8. The van der Waals surface area contributed by atoms with Crippen molar-refractivity contribution < 1.29 is 14.3 Å². The number of amides is 1. The van der Waals surface area contributed by atoms with E-state index < -0.39 is 5.60 Å². The zero-order valence-corrected chi connectivity index (χ0v) is 14.6. The maximum absolute atomic E-state index is 12.4. The van der Waals surface area contributed by atoms with E-state index in [1.807, 2.05) is 30.3 Å². The summed E-state index contributed by atoms with van der Waals surface area (Å²) in [5, 5.41) is 7.29. The number of hydrogen-bond acceptors (Lipinski definition) is 5. The highest BCUT2D eigenvalue weighted by molar-refractivity contribution is 5.85. The van der Waals surface area contributed by atoms with Gasteiger partial charge in [-0.3, -0.25) is 9.78 Å². The zero-order valence-electron chi connectivity index (χ0n) is 14.6. The first kappa shape index (κ1) is 17.6. The van der Waals surface area contributed by atoms with Gasteiger partial charge in [0.2, 0.25) is 0 Å². The van der Waals surface area contributed by atoms with Gasteiger partial charge in [0.1, 0.15) is 16.9 Å². The fourth-order valence-corrected chi connectivity index (χ4v) is 3.16. The lowest BCUT2D eigenvalue weighted by Gasteiger charge is -2.34. The zero-order chi connectivity index (χ0) is 17.5. The summed E-state index contributed by atoms with van der Waals surface area (Å²) in [5.74, 6) is 0.750. The molecule has 1 aliphatic heterocycles. The predicted octanol–water partition coefficient (Wildman–Crippen LogP) is 1.89. The number of benzene rings is 1. The Morgan fingerprint density at radius 2 is 2.08 bits per heavy atom. The van der Waals surface area contributed by atoms with Crippen LogP contribution in [0.3, 0.4) is 0 Å². The van der Waals surface area contributed by atoms with Gasteiger partial charge in [0.05, 0.1) is 6.61 Å². The molecular formula is C19H25N3O3. The third-order valence-electron chi connectivity index (χ3n) is 4.68. The van der Waals surface area contributed by atoms with E-state index >= 15 is 0 Å². The highest BCUT2D eigenvalue weighted by Crippen LogP contribution is 2.23. The Morgan fingerprint density at radius 1 is 1.28 bits per heavy atom. The molecule has 0 radical (unpaired) electrons. The van der Waals surface area contributed by atoms with Crippen molar-refractivity contribution in [1.29, 1.82) is 0 Å². The molecule has 0 saturated carbocycles. The van der Waals surface area contributed by atoms with Crippen LogP contribution < -0.4 is 15.4 Å². The molecule has 0 aliphatic carbocycles. The van der Waals surface area contributed by atoms with Gasteiger partial charge in [0.25, 0.3) is 5.91 Å². The number of piperidine rings is 1. The van der Waals surface area contributed by atoms with E-state index in [2.05, 4.69) is 15.6 Å². The van der Waals surface area contributed by atoms with Crippen molar-refractivity contribution in [3.8, 4) is 5.75 Å². The molecule has 1 fully saturated rings. The number of para-hydroxylation sites is 1. The molecule has 1 aromatic carbocycles. The Labute approximate surface area is 147 Å². The molecule has 1 saturated heterocycles. The lowest BCUT2D eigenvalue weighted by Crippen LogP contribution is -2.54. The van der Waals surface area contributed by atoms with Crippen LogP contribution in [-0.4, -0.2) is 49.8 Å². The van der Waals surface area contributed by atoms with Gasteiger partial charge in [-0.2, -0.15) is 0 Å². The Balaban J connectivity index is 1.46. The number of hydrogen-bond donors (Lipinski definition) is 2.